The van der Waals surface area contributed by atoms with Crippen molar-refractivity contribution in [2.24, 2.45) is 5.92 Å². The van der Waals surface area contributed by atoms with Gasteiger partial charge in [0.1, 0.15) is 0 Å². The van der Waals surface area contributed by atoms with Crippen LogP contribution < -0.4 is 5.32 Å². The molecule has 0 spiro atoms. The summed E-state index contributed by atoms with van der Waals surface area (Å²) in [4.78, 5) is 10.6. The van der Waals surface area contributed by atoms with Gasteiger partial charge in [0.15, 0.2) is 0 Å². The zero-order valence-electron chi connectivity index (χ0n) is 8.98. The fourth-order valence-electron chi connectivity index (χ4n) is 0.908. The number of carbonyl (C=O) groups is 1. The van der Waals surface area contributed by atoms with E-state index >= 15 is 0 Å². The van der Waals surface area contributed by atoms with Gasteiger partial charge in [-0.25, -0.2) is 4.79 Å². The van der Waals surface area contributed by atoms with Crippen LogP contribution in [-0.2, 0) is 4.79 Å². The van der Waals surface area contributed by atoms with Crippen LogP contribution in [0.25, 0.3) is 0 Å². The lowest BCUT2D eigenvalue weighted by atomic mass is 10.0. The number of halogens is 3. The van der Waals surface area contributed by atoms with Crippen molar-refractivity contribution in [3.05, 3.63) is 0 Å². The Labute approximate surface area is 86.7 Å². The van der Waals surface area contributed by atoms with E-state index in [9.17, 15) is 18.0 Å². The van der Waals surface area contributed by atoms with Gasteiger partial charge >= 0.3 is 12.1 Å². The van der Waals surface area contributed by atoms with Crippen LogP contribution in [0.15, 0.2) is 0 Å². The van der Waals surface area contributed by atoms with Crippen molar-refractivity contribution >= 4 is 5.97 Å². The number of carboxylic acid groups (broad SMARTS) is 1. The molecule has 2 N–H and O–H groups in total. The van der Waals surface area contributed by atoms with E-state index < -0.39 is 17.7 Å². The number of hydrogen-bond acceptors (Lipinski definition) is 2. The van der Waals surface area contributed by atoms with E-state index in [4.69, 9.17) is 5.11 Å². The summed E-state index contributed by atoms with van der Waals surface area (Å²) >= 11 is 0. The largest absolute Gasteiger partial charge is 0.480 e. The van der Waals surface area contributed by atoms with Gasteiger partial charge in [0.05, 0.1) is 0 Å². The first-order valence-corrected chi connectivity index (χ1v) is 4.66. The maximum absolute atomic E-state index is 12.4. The number of alkyl halides is 3. The summed E-state index contributed by atoms with van der Waals surface area (Å²) in [5, 5.41) is 10.6. The van der Waals surface area contributed by atoms with Crippen LogP contribution in [0.1, 0.15) is 27.2 Å². The van der Waals surface area contributed by atoms with Gasteiger partial charge in [-0.3, -0.25) is 5.32 Å². The molecule has 3 nitrogen and oxygen atoms in total. The molecule has 0 saturated heterocycles. The van der Waals surface area contributed by atoms with Crippen molar-refractivity contribution in [3.63, 3.8) is 0 Å². The highest BCUT2D eigenvalue weighted by molar-refractivity contribution is 5.79. The summed E-state index contributed by atoms with van der Waals surface area (Å²) in [6.45, 7) is 4.37. The second-order valence-corrected chi connectivity index (χ2v) is 4.04. The molecule has 0 saturated carbocycles. The SMILES string of the molecule is CC(C)CCNC(C)(C(=O)O)C(F)(F)F. The fraction of sp³-hybridized carbons (Fsp3) is 0.889. The van der Waals surface area contributed by atoms with Gasteiger partial charge in [0.2, 0.25) is 5.54 Å². The van der Waals surface area contributed by atoms with Crippen LogP contribution in [-0.4, -0.2) is 29.3 Å². The van der Waals surface area contributed by atoms with Crippen LogP contribution >= 0.6 is 0 Å². The molecule has 90 valence electrons. The minimum absolute atomic E-state index is 0.0278. The third kappa shape index (κ3) is 3.70. The van der Waals surface area contributed by atoms with Crippen molar-refractivity contribution < 1.29 is 23.1 Å². The van der Waals surface area contributed by atoms with Gasteiger partial charge in [-0.15, -0.1) is 0 Å². The zero-order chi connectivity index (χ0) is 12.3. The number of rotatable bonds is 5. The zero-order valence-corrected chi connectivity index (χ0v) is 8.98. The molecule has 0 fully saturated rings. The van der Waals surface area contributed by atoms with Crippen LogP contribution in [0.3, 0.4) is 0 Å². The van der Waals surface area contributed by atoms with Gasteiger partial charge in [-0.2, -0.15) is 13.2 Å². The monoisotopic (exact) mass is 227 g/mol. The Kier molecular flexibility index (Phi) is 4.58. The average molecular weight is 227 g/mol. The minimum atomic E-state index is -4.80. The number of hydrogen-bond donors (Lipinski definition) is 2. The summed E-state index contributed by atoms with van der Waals surface area (Å²) < 4.78 is 37.3. The summed E-state index contributed by atoms with van der Waals surface area (Å²) in [7, 11) is 0. The first kappa shape index (κ1) is 14.2. The molecule has 0 amide bonds. The maximum Gasteiger partial charge on any atom is 0.417 e. The highest BCUT2D eigenvalue weighted by atomic mass is 19.4. The van der Waals surface area contributed by atoms with E-state index in [0.717, 1.165) is 0 Å². The standard InChI is InChI=1S/C9H16F3NO2/c1-6(2)4-5-13-8(3,7(14)15)9(10,11)12/h6,13H,4-5H2,1-3H3,(H,14,15). The van der Waals surface area contributed by atoms with Gasteiger partial charge in [-0.1, -0.05) is 13.8 Å². The molecular weight excluding hydrogens is 211 g/mol. The third-order valence-electron chi connectivity index (χ3n) is 2.19. The van der Waals surface area contributed by atoms with E-state index in [1.807, 2.05) is 19.2 Å². The molecule has 0 aromatic rings. The normalized spacial score (nSPS) is 16.5. The Hall–Kier alpha value is -0.780. The molecule has 0 rings (SSSR count). The second kappa shape index (κ2) is 4.83. The molecule has 0 aromatic heterocycles. The molecule has 1 atom stereocenters. The van der Waals surface area contributed by atoms with Crippen LogP contribution in [0.5, 0.6) is 0 Å². The Balaban J connectivity index is 4.48. The van der Waals surface area contributed by atoms with E-state index in [1.54, 1.807) is 0 Å². The molecule has 0 aromatic carbocycles. The molecule has 0 aliphatic carbocycles. The summed E-state index contributed by atoms with van der Waals surface area (Å²) in [5.74, 6) is -1.68. The van der Waals surface area contributed by atoms with Crippen molar-refractivity contribution in [2.45, 2.75) is 38.9 Å². The number of carboxylic acids is 1. The molecule has 1 unspecified atom stereocenters. The first-order valence-electron chi connectivity index (χ1n) is 4.66. The van der Waals surface area contributed by atoms with Crippen molar-refractivity contribution in [3.8, 4) is 0 Å². The summed E-state index contributed by atoms with van der Waals surface area (Å²) in [6, 6.07) is 0. The quantitative estimate of drug-likeness (QED) is 0.755. The number of aliphatic carboxylic acids is 1. The highest BCUT2D eigenvalue weighted by Gasteiger charge is 2.56. The van der Waals surface area contributed by atoms with Crippen molar-refractivity contribution in [1.29, 1.82) is 0 Å². The maximum atomic E-state index is 12.4. The van der Waals surface area contributed by atoms with Crippen LogP contribution in [0.2, 0.25) is 0 Å². The van der Waals surface area contributed by atoms with Crippen LogP contribution in [0, 0.1) is 5.92 Å². The summed E-state index contributed by atoms with van der Waals surface area (Å²) in [5.41, 5.74) is -2.86. The van der Waals surface area contributed by atoms with Gasteiger partial charge in [0, 0.05) is 0 Å². The molecule has 0 radical (unpaired) electrons. The molecule has 0 heterocycles. The topological polar surface area (TPSA) is 49.3 Å². The second-order valence-electron chi connectivity index (χ2n) is 4.04. The molecular formula is C9H16F3NO2. The van der Waals surface area contributed by atoms with Crippen LogP contribution in [0.4, 0.5) is 13.2 Å². The molecule has 0 aliphatic heterocycles. The Bertz CT molecular complexity index is 228. The molecule has 6 heteroatoms. The minimum Gasteiger partial charge on any atom is -0.480 e. The lowest BCUT2D eigenvalue weighted by Gasteiger charge is -2.29. The van der Waals surface area contributed by atoms with E-state index in [1.165, 1.54) is 0 Å². The van der Waals surface area contributed by atoms with Crippen molar-refractivity contribution in [2.75, 3.05) is 6.54 Å². The van der Waals surface area contributed by atoms with Crippen molar-refractivity contribution in [1.82, 2.24) is 5.32 Å². The highest BCUT2D eigenvalue weighted by Crippen LogP contribution is 2.30. The smallest absolute Gasteiger partial charge is 0.417 e. The van der Waals surface area contributed by atoms with Gasteiger partial charge in [-0.05, 0) is 25.8 Å². The predicted molar refractivity (Wildman–Crippen MR) is 49.6 cm³/mol. The Morgan fingerprint density at radius 1 is 1.40 bits per heavy atom. The molecule has 15 heavy (non-hydrogen) atoms. The van der Waals surface area contributed by atoms with Gasteiger partial charge in [0.25, 0.3) is 0 Å². The Morgan fingerprint density at radius 3 is 2.13 bits per heavy atom. The van der Waals surface area contributed by atoms with E-state index in [0.29, 0.717) is 13.3 Å². The average Bonchev–Trinajstić information content (AvgIpc) is 2.00. The number of nitrogens with one attached hydrogen (secondary N) is 1. The molecule has 0 bridgehead atoms. The predicted octanol–water partition coefficient (Wildman–Crippen LogP) is 2.03. The fourth-order valence-corrected chi connectivity index (χ4v) is 0.908. The lowest BCUT2D eigenvalue weighted by Crippen LogP contribution is -2.60. The van der Waals surface area contributed by atoms with Gasteiger partial charge < -0.3 is 5.11 Å². The van der Waals surface area contributed by atoms with E-state index in [-0.39, 0.29) is 12.5 Å². The first-order chi connectivity index (χ1) is 6.61. The van der Waals surface area contributed by atoms with E-state index in [2.05, 4.69) is 0 Å². The third-order valence-corrected chi connectivity index (χ3v) is 2.19. The molecule has 0 aliphatic rings. The summed E-state index contributed by atoms with van der Waals surface area (Å²) in [6.07, 6.45) is -4.30. The lowest BCUT2D eigenvalue weighted by molar-refractivity contribution is -0.205. The Morgan fingerprint density at radius 2 is 1.87 bits per heavy atom.